The Hall–Kier alpha value is -1.33. The van der Waals surface area contributed by atoms with Gasteiger partial charge in [-0.3, -0.25) is 4.90 Å². The Morgan fingerprint density at radius 2 is 2.30 bits per heavy atom. The number of rotatable bonds is 5. The number of phenolic OH excluding ortho intramolecular Hbond substituents is 1. The van der Waals surface area contributed by atoms with Gasteiger partial charge in [0.2, 0.25) is 0 Å². The first-order chi connectivity index (χ1) is 9.65. The van der Waals surface area contributed by atoms with E-state index in [0.717, 1.165) is 31.6 Å². The molecule has 0 spiro atoms. The zero-order valence-corrected chi connectivity index (χ0v) is 12.1. The van der Waals surface area contributed by atoms with E-state index in [9.17, 15) is 9.50 Å². The highest BCUT2D eigenvalue weighted by molar-refractivity contribution is 5.43. The van der Waals surface area contributed by atoms with E-state index in [1.54, 1.807) is 6.07 Å². The third-order valence-electron chi connectivity index (χ3n) is 3.67. The normalized spacial score (nSPS) is 20.1. The molecule has 0 aliphatic carbocycles. The molecule has 0 aromatic heterocycles. The smallest absolute Gasteiger partial charge is 0.194 e. The average Bonchev–Trinajstić information content (AvgIpc) is 2.45. The molecule has 1 atom stereocenters. The van der Waals surface area contributed by atoms with Crippen LogP contribution in [0.5, 0.6) is 11.5 Å². The lowest BCUT2D eigenvalue weighted by Gasteiger charge is -2.35. The van der Waals surface area contributed by atoms with Gasteiger partial charge in [-0.25, -0.2) is 4.39 Å². The summed E-state index contributed by atoms with van der Waals surface area (Å²) in [6.45, 7) is 5.07. The first kappa shape index (κ1) is 15.1. The van der Waals surface area contributed by atoms with Crippen LogP contribution >= 0.6 is 0 Å². The molecule has 1 heterocycles. The zero-order chi connectivity index (χ0) is 14.5. The SMILES string of the molecule is CCCC1COCCN1Cc1cc(F)c(O)c(OC)c1. The molecule has 0 saturated carbocycles. The molecule has 20 heavy (non-hydrogen) atoms. The maximum atomic E-state index is 13.7. The van der Waals surface area contributed by atoms with Gasteiger partial charge >= 0.3 is 0 Å². The minimum atomic E-state index is -0.639. The minimum absolute atomic E-state index is 0.181. The van der Waals surface area contributed by atoms with Crippen molar-refractivity contribution in [2.45, 2.75) is 32.4 Å². The van der Waals surface area contributed by atoms with E-state index in [-0.39, 0.29) is 5.75 Å². The number of hydrogen-bond donors (Lipinski definition) is 1. The van der Waals surface area contributed by atoms with Crippen LogP contribution in [0.25, 0.3) is 0 Å². The Kier molecular flexibility index (Phi) is 5.20. The van der Waals surface area contributed by atoms with Crippen LogP contribution in [0.1, 0.15) is 25.3 Å². The van der Waals surface area contributed by atoms with E-state index in [0.29, 0.717) is 19.2 Å². The number of phenols is 1. The predicted octanol–water partition coefficient (Wildman–Crippen LogP) is 2.54. The summed E-state index contributed by atoms with van der Waals surface area (Å²) < 4.78 is 24.2. The molecule has 0 bridgehead atoms. The second kappa shape index (κ2) is 6.90. The lowest BCUT2D eigenvalue weighted by atomic mass is 10.1. The van der Waals surface area contributed by atoms with Gasteiger partial charge in [0.25, 0.3) is 0 Å². The maximum Gasteiger partial charge on any atom is 0.194 e. The molecule has 1 aliphatic heterocycles. The van der Waals surface area contributed by atoms with Crippen molar-refractivity contribution >= 4 is 0 Å². The van der Waals surface area contributed by atoms with Crippen molar-refractivity contribution in [1.82, 2.24) is 4.90 Å². The van der Waals surface area contributed by atoms with Gasteiger partial charge in [0.1, 0.15) is 0 Å². The Bertz CT molecular complexity index is 451. The van der Waals surface area contributed by atoms with Crippen LogP contribution < -0.4 is 4.74 Å². The monoisotopic (exact) mass is 283 g/mol. The molecular weight excluding hydrogens is 261 g/mol. The molecule has 1 aromatic rings. The minimum Gasteiger partial charge on any atom is -0.502 e. The van der Waals surface area contributed by atoms with Gasteiger partial charge in [0.05, 0.1) is 20.3 Å². The Morgan fingerprint density at radius 3 is 3.00 bits per heavy atom. The molecule has 0 radical (unpaired) electrons. The topological polar surface area (TPSA) is 41.9 Å². The highest BCUT2D eigenvalue weighted by Gasteiger charge is 2.23. The van der Waals surface area contributed by atoms with Crippen LogP contribution in [0.15, 0.2) is 12.1 Å². The molecule has 1 N–H and O–H groups in total. The van der Waals surface area contributed by atoms with Gasteiger partial charge < -0.3 is 14.6 Å². The molecular formula is C15H22FNO3. The Labute approximate surface area is 119 Å². The predicted molar refractivity (Wildman–Crippen MR) is 74.5 cm³/mol. The number of aromatic hydroxyl groups is 1. The number of nitrogens with zero attached hydrogens (tertiary/aromatic N) is 1. The van der Waals surface area contributed by atoms with Crippen molar-refractivity contribution in [2.75, 3.05) is 26.9 Å². The molecule has 112 valence electrons. The molecule has 1 aromatic carbocycles. The van der Waals surface area contributed by atoms with Crippen molar-refractivity contribution in [2.24, 2.45) is 0 Å². The van der Waals surface area contributed by atoms with Crippen LogP contribution in [-0.2, 0) is 11.3 Å². The van der Waals surface area contributed by atoms with E-state index in [2.05, 4.69) is 11.8 Å². The lowest BCUT2D eigenvalue weighted by Crippen LogP contribution is -2.44. The lowest BCUT2D eigenvalue weighted by molar-refractivity contribution is -0.0147. The number of methoxy groups -OCH3 is 1. The van der Waals surface area contributed by atoms with E-state index >= 15 is 0 Å². The third kappa shape index (κ3) is 3.41. The Balaban J connectivity index is 2.13. The van der Waals surface area contributed by atoms with Crippen molar-refractivity contribution in [3.8, 4) is 11.5 Å². The number of ether oxygens (including phenoxy) is 2. The highest BCUT2D eigenvalue weighted by Crippen LogP contribution is 2.31. The Morgan fingerprint density at radius 1 is 1.50 bits per heavy atom. The van der Waals surface area contributed by atoms with Gasteiger partial charge in [-0.2, -0.15) is 0 Å². The molecule has 5 heteroatoms. The number of benzene rings is 1. The van der Waals surface area contributed by atoms with E-state index < -0.39 is 11.6 Å². The van der Waals surface area contributed by atoms with Crippen LogP contribution in [0.3, 0.4) is 0 Å². The summed E-state index contributed by atoms with van der Waals surface area (Å²) in [5, 5.41) is 9.53. The second-order valence-corrected chi connectivity index (χ2v) is 5.12. The summed E-state index contributed by atoms with van der Waals surface area (Å²) in [6, 6.07) is 3.43. The van der Waals surface area contributed by atoms with Gasteiger partial charge in [-0.1, -0.05) is 13.3 Å². The third-order valence-corrected chi connectivity index (χ3v) is 3.67. The van der Waals surface area contributed by atoms with Crippen LogP contribution in [0.4, 0.5) is 4.39 Å². The molecule has 1 saturated heterocycles. The van der Waals surface area contributed by atoms with Crippen LogP contribution in [0, 0.1) is 5.82 Å². The highest BCUT2D eigenvalue weighted by atomic mass is 19.1. The van der Waals surface area contributed by atoms with Crippen molar-refractivity contribution in [3.05, 3.63) is 23.5 Å². The van der Waals surface area contributed by atoms with Crippen molar-refractivity contribution in [1.29, 1.82) is 0 Å². The summed E-state index contributed by atoms with van der Waals surface area (Å²) >= 11 is 0. The average molecular weight is 283 g/mol. The molecule has 4 nitrogen and oxygen atoms in total. The fourth-order valence-electron chi connectivity index (χ4n) is 2.61. The molecule has 1 fully saturated rings. The van der Waals surface area contributed by atoms with Crippen LogP contribution in [0.2, 0.25) is 0 Å². The molecule has 1 aliphatic rings. The fourth-order valence-corrected chi connectivity index (χ4v) is 2.61. The standard InChI is InChI=1S/C15H22FNO3/c1-3-4-12-10-20-6-5-17(12)9-11-7-13(16)15(18)14(8-11)19-2/h7-8,12,18H,3-6,9-10H2,1-2H3. The molecule has 0 amide bonds. The summed E-state index contributed by atoms with van der Waals surface area (Å²) in [5.41, 5.74) is 0.806. The van der Waals surface area contributed by atoms with Gasteiger partial charge in [-0.15, -0.1) is 0 Å². The number of halogens is 1. The summed E-state index contributed by atoms with van der Waals surface area (Å²) in [7, 11) is 1.42. The molecule has 1 unspecified atom stereocenters. The number of morpholine rings is 1. The van der Waals surface area contributed by atoms with Gasteiger partial charge in [0, 0.05) is 19.1 Å². The summed E-state index contributed by atoms with van der Waals surface area (Å²) in [6.07, 6.45) is 2.16. The quantitative estimate of drug-likeness (QED) is 0.901. The molecule has 2 rings (SSSR count). The second-order valence-electron chi connectivity index (χ2n) is 5.12. The van der Waals surface area contributed by atoms with Gasteiger partial charge in [-0.05, 0) is 24.1 Å². The summed E-state index contributed by atoms with van der Waals surface area (Å²) in [5.74, 6) is -0.886. The fraction of sp³-hybridized carbons (Fsp3) is 0.600. The largest absolute Gasteiger partial charge is 0.502 e. The van der Waals surface area contributed by atoms with E-state index in [1.165, 1.54) is 13.2 Å². The number of hydrogen-bond acceptors (Lipinski definition) is 4. The maximum absolute atomic E-state index is 13.7. The van der Waals surface area contributed by atoms with Crippen molar-refractivity contribution in [3.63, 3.8) is 0 Å². The first-order valence-corrected chi connectivity index (χ1v) is 7.02. The first-order valence-electron chi connectivity index (χ1n) is 7.02. The van der Waals surface area contributed by atoms with E-state index in [1.807, 2.05) is 0 Å². The van der Waals surface area contributed by atoms with Crippen LogP contribution in [-0.4, -0.2) is 42.9 Å². The summed E-state index contributed by atoms with van der Waals surface area (Å²) in [4.78, 5) is 2.30. The zero-order valence-electron chi connectivity index (χ0n) is 12.1. The van der Waals surface area contributed by atoms with E-state index in [4.69, 9.17) is 9.47 Å². The van der Waals surface area contributed by atoms with Gasteiger partial charge in [0.15, 0.2) is 17.3 Å². The van der Waals surface area contributed by atoms with Crippen molar-refractivity contribution < 1.29 is 19.0 Å².